The predicted molar refractivity (Wildman–Crippen MR) is 122 cm³/mol. The first-order chi connectivity index (χ1) is 15.2. The predicted octanol–water partition coefficient (Wildman–Crippen LogP) is 5.21. The van der Waals surface area contributed by atoms with Crippen molar-refractivity contribution in [3.05, 3.63) is 100 Å². The molecule has 0 aliphatic rings. The molecule has 0 aliphatic heterocycles. The third-order valence-electron chi connectivity index (χ3n) is 4.91. The maximum atomic E-state index is 12.2. The van der Waals surface area contributed by atoms with E-state index in [0.717, 1.165) is 33.5 Å². The van der Waals surface area contributed by atoms with Crippen LogP contribution in [0.5, 0.6) is 0 Å². The molecule has 8 heteroatoms. The van der Waals surface area contributed by atoms with Crippen LogP contribution < -0.4 is 0 Å². The van der Waals surface area contributed by atoms with E-state index in [1.807, 2.05) is 54.6 Å². The molecule has 3 aromatic carbocycles. The molecule has 1 heterocycles. The number of rotatable bonds is 7. The molecule has 0 N–H and O–H groups in total. The zero-order chi connectivity index (χ0) is 21.6. The third kappa shape index (κ3) is 4.71. The fourth-order valence-corrected chi connectivity index (χ4v) is 4.01. The monoisotopic (exact) mass is 428 g/mol. The highest BCUT2D eigenvalue weighted by molar-refractivity contribution is 7.84. The molecule has 4 aromatic rings. The van der Waals surface area contributed by atoms with Crippen molar-refractivity contribution in [1.29, 1.82) is 0 Å². The lowest BCUT2D eigenvalue weighted by Crippen LogP contribution is -2.05. The first kappa shape index (κ1) is 20.5. The van der Waals surface area contributed by atoms with Crippen molar-refractivity contribution in [2.24, 2.45) is 5.11 Å². The molecule has 0 saturated carbocycles. The van der Waals surface area contributed by atoms with Crippen LogP contribution >= 0.6 is 0 Å². The summed E-state index contributed by atoms with van der Waals surface area (Å²) in [6.45, 7) is 0.877. The van der Waals surface area contributed by atoms with Gasteiger partial charge in [0.2, 0.25) is 0 Å². The van der Waals surface area contributed by atoms with E-state index in [0.29, 0.717) is 18.1 Å². The van der Waals surface area contributed by atoms with E-state index in [1.54, 1.807) is 10.9 Å². The SMILES string of the molecule is CS(=O)c1nnn(Cc2ccc(-c3ccc(CN=[N+]=[N-])cc3)cc2)c1-c1ccccc1. The van der Waals surface area contributed by atoms with Crippen LogP contribution in [0.3, 0.4) is 0 Å². The van der Waals surface area contributed by atoms with Crippen LogP contribution in [0.4, 0.5) is 0 Å². The van der Waals surface area contributed by atoms with Gasteiger partial charge in [-0.25, -0.2) is 4.68 Å². The second kappa shape index (κ2) is 9.38. The van der Waals surface area contributed by atoms with Gasteiger partial charge < -0.3 is 0 Å². The smallest absolute Gasteiger partial charge is 0.177 e. The van der Waals surface area contributed by atoms with Gasteiger partial charge in [0.05, 0.1) is 23.9 Å². The molecule has 0 bridgehead atoms. The molecule has 154 valence electrons. The Kier molecular flexibility index (Phi) is 6.21. The van der Waals surface area contributed by atoms with E-state index in [-0.39, 0.29) is 0 Å². The lowest BCUT2D eigenvalue weighted by atomic mass is 10.0. The Labute approximate surface area is 182 Å². The van der Waals surface area contributed by atoms with Crippen LogP contribution in [-0.4, -0.2) is 25.5 Å². The van der Waals surface area contributed by atoms with Crippen LogP contribution in [0.15, 0.2) is 89.0 Å². The Morgan fingerprint density at radius 1 is 0.903 bits per heavy atom. The number of benzene rings is 3. The molecule has 0 fully saturated rings. The van der Waals surface area contributed by atoms with E-state index in [4.69, 9.17) is 5.53 Å². The highest BCUT2D eigenvalue weighted by atomic mass is 32.2. The van der Waals surface area contributed by atoms with Crippen molar-refractivity contribution in [3.8, 4) is 22.4 Å². The van der Waals surface area contributed by atoms with Gasteiger partial charge in [0, 0.05) is 16.7 Å². The van der Waals surface area contributed by atoms with Gasteiger partial charge in [-0.3, -0.25) is 4.21 Å². The molecule has 0 aliphatic carbocycles. The van der Waals surface area contributed by atoms with Crippen molar-refractivity contribution in [2.75, 3.05) is 6.26 Å². The molecule has 7 nitrogen and oxygen atoms in total. The van der Waals surface area contributed by atoms with E-state index >= 15 is 0 Å². The molecule has 0 spiro atoms. The number of hydrogen-bond donors (Lipinski definition) is 0. The second-order valence-corrected chi connectivity index (χ2v) is 8.30. The second-order valence-electron chi connectivity index (χ2n) is 7.00. The van der Waals surface area contributed by atoms with Gasteiger partial charge >= 0.3 is 0 Å². The topological polar surface area (TPSA) is 96.5 Å². The Hall–Kier alpha value is -3.74. The summed E-state index contributed by atoms with van der Waals surface area (Å²) in [6.07, 6.45) is 1.62. The Morgan fingerprint density at radius 3 is 2.10 bits per heavy atom. The third-order valence-corrected chi connectivity index (χ3v) is 5.73. The fourth-order valence-electron chi connectivity index (χ4n) is 3.36. The minimum atomic E-state index is -1.23. The molecule has 31 heavy (non-hydrogen) atoms. The highest BCUT2D eigenvalue weighted by Gasteiger charge is 2.17. The molecule has 4 rings (SSSR count). The standard InChI is InChI=1S/C23H20N6OS/c1-31(30)23-22(21-5-3-2-4-6-21)29(28-26-23)16-18-9-13-20(14-10-18)19-11-7-17(8-12-19)15-25-27-24/h2-14H,15-16H2,1H3. The molecule has 1 aromatic heterocycles. The van der Waals surface area contributed by atoms with Crippen molar-refractivity contribution >= 4 is 10.8 Å². The summed E-state index contributed by atoms with van der Waals surface area (Å²) in [6, 6.07) is 26.0. The average Bonchev–Trinajstić information content (AvgIpc) is 3.23. The summed E-state index contributed by atoms with van der Waals surface area (Å²) in [5.74, 6) is 0. The first-order valence-electron chi connectivity index (χ1n) is 9.67. The van der Waals surface area contributed by atoms with Gasteiger partial charge in [-0.1, -0.05) is 89.2 Å². The van der Waals surface area contributed by atoms with Gasteiger partial charge in [-0.15, -0.1) is 5.10 Å². The van der Waals surface area contributed by atoms with Crippen LogP contribution in [0.2, 0.25) is 0 Å². The quantitative estimate of drug-likeness (QED) is 0.230. The normalized spacial score (nSPS) is 11.6. The van der Waals surface area contributed by atoms with Gasteiger partial charge in [0.15, 0.2) is 5.03 Å². The lowest BCUT2D eigenvalue weighted by molar-refractivity contribution is 0.653. The van der Waals surface area contributed by atoms with Crippen LogP contribution in [0.25, 0.3) is 32.8 Å². The maximum absolute atomic E-state index is 12.2. The van der Waals surface area contributed by atoms with Crippen molar-refractivity contribution < 1.29 is 4.21 Å². The first-order valence-corrected chi connectivity index (χ1v) is 11.2. The van der Waals surface area contributed by atoms with Crippen molar-refractivity contribution in [2.45, 2.75) is 18.1 Å². The van der Waals surface area contributed by atoms with Crippen molar-refractivity contribution in [1.82, 2.24) is 15.0 Å². The van der Waals surface area contributed by atoms with E-state index in [1.165, 1.54) is 0 Å². The zero-order valence-corrected chi connectivity index (χ0v) is 17.7. The molecule has 0 amide bonds. The molecule has 1 atom stereocenters. The summed E-state index contributed by atoms with van der Waals surface area (Å²) in [4.78, 5) is 2.79. The minimum Gasteiger partial charge on any atom is -0.253 e. The lowest BCUT2D eigenvalue weighted by Gasteiger charge is -2.09. The van der Waals surface area contributed by atoms with Gasteiger partial charge in [-0.2, -0.15) is 0 Å². The fraction of sp³-hybridized carbons (Fsp3) is 0.130. The van der Waals surface area contributed by atoms with E-state index in [2.05, 4.69) is 44.6 Å². The summed E-state index contributed by atoms with van der Waals surface area (Å²) in [5, 5.41) is 12.5. The minimum absolute atomic E-state index is 0.349. The van der Waals surface area contributed by atoms with Crippen molar-refractivity contribution in [3.63, 3.8) is 0 Å². The molecule has 0 radical (unpaired) electrons. The summed E-state index contributed by atoms with van der Waals surface area (Å²) in [7, 11) is -1.23. The van der Waals surface area contributed by atoms with Gasteiger partial charge in [0.1, 0.15) is 5.69 Å². The number of nitrogens with zero attached hydrogens (tertiary/aromatic N) is 6. The maximum Gasteiger partial charge on any atom is 0.177 e. The number of hydrogen-bond acceptors (Lipinski definition) is 4. The van der Waals surface area contributed by atoms with Gasteiger partial charge in [-0.05, 0) is 27.8 Å². The number of aromatic nitrogens is 3. The number of azide groups is 1. The average molecular weight is 429 g/mol. The van der Waals surface area contributed by atoms with E-state index in [9.17, 15) is 4.21 Å². The van der Waals surface area contributed by atoms with Gasteiger partial charge in [0.25, 0.3) is 0 Å². The van der Waals surface area contributed by atoms with Crippen LogP contribution in [0, 0.1) is 0 Å². The highest BCUT2D eigenvalue weighted by Crippen LogP contribution is 2.26. The molecular weight excluding hydrogens is 408 g/mol. The molecule has 1 unspecified atom stereocenters. The Bertz CT molecular complexity index is 1240. The molecule has 0 saturated heterocycles. The summed E-state index contributed by atoms with van der Waals surface area (Å²) in [5.41, 5.74) is 14.4. The summed E-state index contributed by atoms with van der Waals surface area (Å²) < 4.78 is 14.0. The van der Waals surface area contributed by atoms with E-state index < -0.39 is 10.8 Å². The zero-order valence-electron chi connectivity index (χ0n) is 16.9. The molecular formula is C23H20N6OS. The Balaban J connectivity index is 1.57. The van der Waals surface area contributed by atoms with Crippen LogP contribution in [0.1, 0.15) is 11.1 Å². The summed E-state index contributed by atoms with van der Waals surface area (Å²) >= 11 is 0. The largest absolute Gasteiger partial charge is 0.253 e. The Morgan fingerprint density at radius 2 is 1.52 bits per heavy atom. The van der Waals surface area contributed by atoms with Crippen LogP contribution in [-0.2, 0) is 23.9 Å².